The molecule has 1 amide bonds. The van der Waals surface area contributed by atoms with E-state index in [1.165, 1.54) is 4.90 Å². The highest BCUT2D eigenvalue weighted by Crippen LogP contribution is 2.20. The maximum atomic E-state index is 12.4. The molecule has 1 unspecified atom stereocenters. The zero-order chi connectivity index (χ0) is 17.7. The smallest absolute Gasteiger partial charge is 0.369 e. The Morgan fingerprint density at radius 3 is 2.50 bits per heavy atom. The summed E-state index contributed by atoms with van der Waals surface area (Å²) in [6.07, 6.45) is -3.57. The number of rotatable bonds is 6. The minimum Gasteiger partial charge on any atom is -0.369 e. The van der Waals surface area contributed by atoms with Gasteiger partial charge in [-0.25, -0.2) is 0 Å². The highest BCUT2D eigenvalue weighted by atomic mass is 127. The van der Waals surface area contributed by atoms with Crippen LogP contribution in [0.2, 0.25) is 0 Å². The third kappa shape index (κ3) is 8.36. The number of hydrogen-bond donors (Lipinski definition) is 3. The van der Waals surface area contributed by atoms with Gasteiger partial charge in [0.05, 0.1) is 18.5 Å². The summed E-state index contributed by atoms with van der Waals surface area (Å²) >= 11 is 0. The summed E-state index contributed by atoms with van der Waals surface area (Å²) in [5, 5.41) is 6.15. The number of nitrogens with zero attached hydrogens (tertiary/aromatic N) is 2. The quantitative estimate of drug-likeness (QED) is 0.314. The molecule has 0 radical (unpaired) electrons. The normalized spacial score (nSPS) is 19.8. The van der Waals surface area contributed by atoms with E-state index in [-0.39, 0.29) is 36.6 Å². The first-order chi connectivity index (χ1) is 10.5. The number of nitrogens with one attached hydrogen (secondary N) is 2. The van der Waals surface area contributed by atoms with Crippen LogP contribution in [0.5, 0.6) is 0 Å². The lowest BCUT2D eigenvalue weighted by Gasteiger charge is -2.21. The van der Waals surface area contributed by atoms with Crippen LogP contribution in [0.4, 0.5) is 13.2 Å². The van der Waals surface area contributed by atoms with Crippen LogP contribution >= 0.6 is 24.0 Å². The number of nitrogens with two attached hydrogens (primary N) is 1. The molecule has 0 aromatic rings. The molecule has 0 bridgehead atoms. The van der Waals surface area contributed by atoms with Gasteiger partial charge >= 0.3 is 6.18 Å². The summed E-state index contributed by atoms with van der Waals surface area (Å²) < 4.78 is 37.2. The molecular weight excluding hydrogens is 438 g/mol. The van der Waals surface area contributed by atoms with Gasteiger partial charge in [-0.15, -0.1) is 24.0 Å². The van der Waals surface area contributed by atoms with Crippen LogP contribution in [-0.2, 0) is 4.79 Å². The average molecular weight is 465 g/mol. The second-order valence-electron chi connectivity index (χ2n) is 6.42. The first-order valence-electron chi connectivity index (χ1n) is 7.67. The Labute approximate surface area is 157 Å². The fourth-order valence-corrected chi connectivity index (χ4v) is 2.22. The summed E-state index contributed by atoms with van der Waals surface area (Å²) in [6.45, 7) is 5.91. The molecule has 1 heterocycles. The average Bonchev–Trinajstić information content (AvgIpc) is 2.81. The molecule has 1 aliphatic rings. The summed E-state index contributed by atoms with van der Waals surface area (Å²) in [5.41, 5.74) is 4.53. The molecule has 0 aliphatic carbocycles. The Kier molecular flexibility index (Phi) is 9.32. The highest BCUT2D eigenvalue weighted by Gasteiger charge is 2.34. The number of halogens is 4. The van der Waals surface area contributed by atoms with Crippen LogP contribution in [0.15, 0.2) is 4.99 Å². The minimum absolute atomic E-state index is 0. The van der Waals surface area contributed by atoms with Crippen LogP contribution < -0.4 is 16.4 Å². The first-order valence-corrected chi connectivity index (χ1v) is 7.67. The van der Waals surface area contributed by atoms with Crippen LogP contribution in [0.25, 0.3) is 0 Å². The predicted octanol–water partition coefficient (Wildman–Crippen LogP) is 1.31. The minimum atomic E-state index is -4.18. The standard InChI is InChI=1S/C14H26F3N5O.HI/c1-4-19-12(20-8-13(2,3)11(18)23)21-10-5-6-22(7-10)9-14(15,16)17;/h10H,4-9H2,1-3H3,(H2,18,23)(H2,19,20,21);1H. The van der Waals surface area contributed by atoms with E-state index in [9.17, 15) is 18.0 Å². The van der Waals surface area contributed by atoms with Gasteiger partial charge in [-0.1, -0.05) is 0 Å². The van der Waals surface area contributed by atoms with Gasteiger partial charge < -0.3 is 16.4 Å². The molecule has 0 spiro atoms. The summed E-state index contributed by atoms with van der Waals surface area (Å²) in [6, 6.07) is -0.105. The molecule has 24 heavy (non-hydrogen) atoms. The lowest BCUT2D eigenvalue weighted by atomic mass is 9.93. The molecule has 1 saturated heterocycles. The highest BCUT2D eigenvalue weighted by molar-refractivity contribution is 14.0. The fraction of sp³-hybridized carbons (Fsp3) is 0.857. The van der Waals surface area contributed by atoms with Crippen LogP contribution in [0.3, 0.4) is 0 Å². The molecule has 1 rings (SSSR count). The zero-order valence-corrected chi connectivity index (χ0v) is 16.6. The van der Waals surface area contributed by atoms with Crippen molar-refractivity contribution in [2.24, 2.45) is 16.1 Å². The monoisotopic (exact) mass is 465 g/mol. The largest absolute Gasteiger partial charge is 0.401 e. The van der Waals surface area contributed by atoms with E-state index in [0.717, 1.165) is 0 Å². The molecule has 142 valence electrons. The van der Waals surface area contributed by atoms with E-state index < -0.39 is 24.0 Å². The molecule has 0 aromatic carbocycles. The summed E-state index contributed by atoms with van der Waals surface area (Å²) in [4.78, 5) is 17.0. The second-order valence-corrected chi connectivity index (χ2v) is 6.42. The van der Waals surface area contributed by atoms with E-state index in [1.54, 1.807) is 13.8 Å². The third-order valence-corrected chi connectivity index (χ3v) is 3.66. The van der Waals surface area contributed by atoms with E-state index in [2.05, 4.69) is 15.6 Å². The van der Waals surface area contributed by atoms with Crippen LogP contribution in [0, 0.1) is 5.41 Å². The van der Waals surface area contributed by atoms with E-state index in [1.807, 2.05) is 6.92 Å². The lowest BCUT2D eigenvalue weighted by Crippen LogP contribution is -2.46. The van der Waals surface area contributed by atoms with Gasteiger partial charge in [0.2, 0.25) is 5.91 Å². The number of likely N-dealkylation sites (tertiary alicyclic amines) is 1. The van der Waals surface area contributed by atoms with Crippen molar-refractivity contribution in [1.82, 2.24) is 15.5 Å². The van der Waals surface area contributed by atoms with Crippen molar-refractivity contribution in [3.05, 3.63) is 0 Å². The van der Waals surface area contributed by atoms with Gasteiger partial charge in [0, 0.05) is 25.7 Å². The SMILES string of the molecule is CCNC(=NCC(C)(C)C(N)=O)NC1CCN(CC(F)(F)F)C1.I. The second kappa shape index (κ2) is 9.64. The molecule has 0 saturated carbocycles. The molecule has 4 N–H and O–H groups in total. The van der Waals surface area contributed by atoms with Gasteiger partial charge in [0.15, 0.2) is 5.96 Å². The van der Waals surface area contributed by atoms with Crippen molar-refractivity contribution < 1.29 is 18.0 Å². The van der Waals surface area contributed by atoms with Gasteiger partial charge in [-0.3, -0.25) is 14.7 Å². The molecule has 10 heteroatoms. The van der Waals surface area contributed by atoms with E-state index in [4.69, 9.17) is 5.73 Å². The Hall–Kier alpha value is -0.780. The Bertz CT molecular complexity index is 443. The van der Waals surface area contributed by atoms with Crippen LogP contribution in [-0.4, -0.2) is 61.7 Å². The van der Waals surface area contributed by atoms with Crippen molar-refractivity contribution in [3.63, 3.8) is 0 Å². The third-order valence-electron chi connectivity index (χ3n) is 3.66. The topological polar surface area (TPSA) is 82.7 Å². The van der Waals surface area contributed by atoms with Crippen molar-refractivity contribution in [3.8, 4) is 0 Å². The maximum absolute atomic E-state index is 12.4. The fourth-order valence-electron chi connectivity index (χ4n) is 2.22. The maximum Gasteiger partial charge on any atom is 0.401 e. The van der Waals surface area contributed by atoms with E-state index in [0.29, 0.717) is 32.0 Å². The van der Waals surface area contributed by atoms with Gasteiger partial charge in [-0.2, -0.15) is 13.2 Å². The van der Waals surface area contributed by atoms with Crippen LogP contribution in [0.1, 0.15) is 27.2 Å². The van der Waals surface area contributed by atoms with Gasteiger partial charge in [0.25, 0.3) is 0 Å². The Morgan fingerprint density at radius 1 is 1.38 bits per heavy atom. The Balaban J connectivity index is 0.00000529. The first kappa shape index (κ1) is 23.2. The van der Waals surface area contributed by atoms with Crippen molar-refractivity contribution in [2.75, 3.05) is 32.7 Å². The number of primary amides is 1. The molecule has 1 atom stereocenters. The van der Waals surface area contributed by atoms with Crippen molar-refractivity contribution >= 4 is 35.8 Å². The molecule has 1 fully saturated rings. The number of guanidine groups is 1. The lowest BCUT2D eigenvalue weighted by molar-refractivity contribution is -0.143. The molecule has 1 aliphatic heterocycles. The number of carbonyl (C=O) groups excluding carboxylic acids is 1. The number of carbonyl (C=O) groups is 1. The molecular formula is C14H27F3IN5O. The number of aliphatic imine (C=N–C) groups is 1. The number of alkyl halides is 3. The van der Waals surface area contributed by atoms with Gasteiger partial charge in [-0.05, 0) is 27.2 Å². The Morgan fingerprint density at radius 2 is 2.00 bits per heavy atom. The molecule has 0 aromatic heterocycles. The molecule has 6 nitrogen and oxygen atoms in total. The van der Waals surface area contributed by atoms with Gasteiger partial charge in [0.1, 0.15) is 0 Å². The van der Waals surface area contributed by atoms with E-state index >= 15 is 0 Å². The number of hydrogen-bond acceptors (Lipinski definition) is 3. The zero-order valence-electron chi connectivity index (χ0n) is 14.2. The van der Waals surface area contributed by atoms with Crippen molar-refractivity contribution in [2.45, 2.75) is 39.4 Å². The number of amides is 1. The van der Waals surface area contributed by atoms with Crippen molar-refractivity contribution in [1.29, 1.82) is 0 Å². The summed E-state index contributed by atoms with van der Waals surface area (Å²) in [7, 11) is 0. The summed E-state index contributed by atoms with van der Waals surface area (Å²) in [5.74, 6) is 0.0370. The predicted molar refractivity (Wildman–Crippen MR) is 98.4 cm³/mol.